The van der Waals surface area contributed by atoms with Crippen molar-refractivity contribution in [3.05, 3.63) is 12.2 Å². The van der Waals surface area contributed by atoms with Crippen LogP contribution in [0.3, 0.4) is 0 Å². The summed E-state index contributed by atoms with van der Waals surface area (Å²) in [5, 5.41) is 0.655. The molecule has 0 aromatic carbocycles. The lowest BCUT2D eigenvalue weighted by atomic mass is 10.3. The predicted octanol–water partition coefficient (Wildman–Crippen LogP) is -1.29. The van der Waals surface area contributed by atoms with Crippen LogP contribution in [0.25, 0.3) is 0 Å². The van der Waals surface area contributed by atoms with Crippen LogP contribution in [0.4, 0.5) is 0 Å². The second kappa shape index (κ2) is 3.03. The SMILES string of the molecule is C=C(C=S(=O)=O)C(N)=O. The topological polar surface area (TPSA) is 77.2 Å². The van der Waals surface area contributed by atoms with Gasteiger partial charge in [0.05, 0.1) is 5.37 Å². The van der Waals surface area contributed by atoms with Gasteiger partial charge in [0.2, 0.25) is 16.2 Å². The molecule has 4 nitrogen and oxygen atoms in total. The van der Waals surface area contributed by atoms with E-state index in [1.807, 2.05) is 0 Å². The van der Waals surface area contributed by atoms with Gasteiger partial charge in [-0.1, -0.05) is 6.58 Å². The zero-order chi connectivity index (χ0) is 7.44. The highest BCUT2D eigenvalue weighted by atomic mass is 32.2. The van der Waals surface area contributed by atoms with Crippen molar-refractivity contribution in [2.75, 3.05) is 0 Å². The van der Waals surface area contributed by atoms with Crippen LogP contribution < -0.4 is 5.73 Å². The average molecular weight is 147 g/mol. The minimum absolute atomic E-state index is 0.219. The molecule has 9 heavy (non-hydrogen) atoms. The first kappa shape index (κ1) is 7.90. The predicted molar refractivity (Wildman–Crippen MR) is 33.3 cm³/mol. The summed E-state index contributed by atoms with van der Waals surface area (Å²) in [5.74, 6) is -0.834. The largest absolute Gasteiger partial charge is 0.366 e. The van der Waals surface area contributed by atoms with Crippen molar-refractivity contribution in [1.29, 1.82) is 0 Å². The Balaban J connectivity index is 4.47. The molecule has 50 valence electrons. The molecule has 0 bridgehead atoms. The fourth-order valence-corrected chi connectivity index (χ4v) is 0.523. The van der Waals surface area contributed by atoms with Crippen molar-refractivity contribution in [2.45, 2.75) is 0 Å². The third-order valence-electron chi connectivity index (χ3n) is 0.555. The van der Waals surface area contributed by atoms with E-state index in [1.165, 1.54) is 0 Å². The molecule has 5 heteroatoms. The quantitative estimate of drug-likeness (QED) is 0.390. The Morgan fingerprint density at radius 1 is 1.56 bits per heavy atom. The van der Waals surface area contributed by atoms with E-state index in [4.69, 9.17) is 0 Å². The molecule has 0 saturated heterocycles. The molecule has 0 unspecified atom stereocenters. The van der Waals surface area contributed by atoms with Crippen molar-refractivity contribution in [1.82, 2.24) is 0 Å². The second-order valence-corrected chi connectivity index (χ2v) is 2.02. The summed E-state index contributed by atoms with van der Waals surface area (Å²) in [6.07, 6.45) is 0. The fourth-order valence-electron chi connectivity index (χ4n) is 0.174. The monoisotopic (exact) mass is 147 g/mol. The van der Waals surface area contributed by atoms with Gasteiger partial charge in [-0.2, -0.15) is 8.42 Å². The van der Waals surface area contributed by atoms with Crippen molar-refractivity contribution in [3.8, 4) is 0 Å². The van der Waals surface area contributed by atoms with Gasteiger partial charge in [0.1, 0.15) is 0 Å². The summed E-state index contributed by atoms with van der Waals surface area (Å²) in [5.41, 5.74) is 4.42. The van der Waals surface area contributed by atoms with Gasteiger partial charge in [0, 0.05) is 5.57 Å². The van der Waals surface area contributed by atoms with Gasteiger partial charge in [-0.25, -0.2) is 0 Å². The van der Waals surface area contributed by atoms with Crippen LogP contribution in [-0.2, 0) is 15.1 Å². The van der Waals surface area contributed by atoms with Gasteiger partial charge >= 0.3 is 0 Å². The van der Waals surface area contributed by atoms with E-state index in [1.54, 1.807) is 0 Å². The molecule has 0 heterocycles. The number of rotatable bonds is 2. The van der Waals surface area contributed by atoms with Crippen LogP contribution in [-0.4, -0.2) is 19.7 Å². The van der Waals surface area contributed by atoms with Crippen LogP contribution in [0.15, 0.2) is 12.2 Å². The van der Waals surface area contributed by atoms with Gasteiger partial charge < -0.3 is 5.73 Å². The van der Waals surface area contributed by atoms with Gasteiger partial charge in [-0.15, -0.1) is 0 Å². The fraction of sp³-hybridized carbons (Fsp3) is 0. The summed E-state index contributed by atoms with van der Waals surface area (Å²) in [6, 6.07) is 0. The number of hydrogen-bond donors (Lipinski definition) is 1. The molecule has 0 aromatic rings. The summed E-state index contributed by atoms with van der Waals surface area (Å²) in [6.45, 7) is 3.07. The molecule has 0 radical (unpaired) electrons. The molecule has 0 saturated carbocycles. The minimum atomic E-state index is -2.39. The number of primary amides is 1. The van der Waals surface area contributed by atoms with Crippen LogP contribution in [0.2, 0.25) is 0 Å². The second-order valence-electron chi connectivity index (χ2n) is 1.27. The number of carbonyl (C=O) groups excluding carboxylic acids is 1. The van der Waals surface area contributed by atoms with Crippen LogP contribution in [0.1, 0.15) is 0 Å². The highest BCUT2D eigenvalue weighted by Gasteiger charge is 1.94. The number of carbonyl (C=O) groups is 1. The first-order chi connectivity index (χ1) is 4.04. The third-order valence-corrected chi connectivity index (χ3v) is 1.03. The Labute approximate surface area is 53.5 Å². The summed E-state index contributed by atoms with van der Waals surface area (Å²) >= 11 is 0. The molecule has 0 aliphatic carbocycles. The lowest BCUT2D eigenvalue weighted by molar-refractivity contribution is -0.114. The van der Waals surface area contributed by atoms with E-state index in [2.05, 4.69) is 12.3 Å². The van der Waals surface area contributed by atoms with Gasteiger partial charge in [-0.05, 0) is 0 Å². The smallest absolute Gasteiger partial charge is 0.249 e. The van der Waals surface area contributed by atoms with E-state index in [0.29, 0.717) is 5.37 Å². The van der Waals surface area contributed by atoms with Crippen LogP contribution >= 0.6 is 0 Å². The molecule has 0 rings (SSSR count). The van der Waals surface area contributed by atoms with E-state index in [0.717, 1.165) is 0 Å². The van der Waals surface area contributed by atoms with Crippen molar-refractivity contribution in [3.63, 3.8) is 0 Å². The lowest BCUT2D eigenvalue weighted by Gasteiger charge is -1.82. The molecule has 1 amide bonds. The standard InChI is InChI=1S/C4H5NO3S/c1-3(4(5)6)2-9(7)8/h2H,1H2,(H2,5,6). The van der Waals surface area contributed by atoms with Crippen LogP contribution in [0.5, 0.6) is 0 Å². The number of hydrogen-bond acceptors (Lipinski definition) is 3. The highest BCUT2D eigenvalue weighted by molar-refractivity contribution is 7.71. The normalized spacial score (nSPS) is 8.00. The van der Waals surface area contributed by atoms with Crippen molar-refractivity contribution < 1.29 is 13.2 Å². The zero-order valence-electron chi connectivity index (χ0n) is 4.49. The molecule has 0 aromatic heterocycles. The van der Waals surface area contributed by atoms with Gasteiger partial charge in [0.25, 0.3) is 0 Å². The first-order valence-corrected chi connectivity index (χ1v) is 3.09. The maximum Gasteiger partial charge on any atom is 0.249 e. The Morgan fingerprint density at radius 3 is 2.11 bits per heavy atom. The first-order valence-electron chi connectivity index (χ1n) is 1.95. The van der Waals surface area contributed by atoms with Crippen molar-refractivity contribution >= 4 is 21.6 Å². The van der Waals surface area contributed by atoms with Gasteiger partial charge in [-0.3, -0.25) is 4.79 Å². The summed E-state index contributed by atoms with van der Waals surface area (Å²) < 4.78 is 19.6. The van der Waals surface area contributed by atoms with Crippen LogP contribution in [0, 0.1) is 0 Å². The molecule has 0 atom stereocenters. The summed E-state index contributed by atoms with van der Waals surface area (Å²) in [4.78, 5) is 10.1. The van der Waals surface area contributed by atoms with E-state index < -0.39 is 16.2 Å². The maximum atomic E-state index is 10.1. The Hall–Kier alpha value is -1.10. The zero-order valence-corrected chi connectivity index (χ0v) is 5.31. The highest BCUT2D eigenvalue weighted by Crippen LogP contribution is 1.77. The van der Waals surface area contributed by atoms with E-state index in [-0.39, 0.29) is 5.57 Å². The maximum absolute atomic E-state index is 10.1. The summed E-state index contributed by atoms with van der Waals surface area (Å²) in [7, 11) is -2.39. The molecular weight excluding hydrogens is 142 g/mol. The Bertz CT molecular complexity index is 254. The number of nitrogens with two attached hydrogens (primary N) is 1. The lowest BCUT2D eigenvalue weighted by Crippen LogP contribution is -2.13. The van der Waals surface area contributed by atoms with Crippen molar-refractivity contribution in [2.24, 2.45) is 5.73 Å². The molecular formula is C4H5NO3S. The number of amides is 1. The van der Waals surface area contributed by atoms with E-state index >= 15 is 0 Å². The minimum Gasteiger partial charge on any atom is -0.366 e. The Morgan fingerprint density at radius 2 is 2.00 bits per heavy atom. The Kier molecular flexibility index (Phi) is 2.66. The molecule has 2 N–H and O–H groups in total. The molecule has 0 spiro atoms. The molecule has 0 fully saturated rings. The molecule has 0 aliphatic rings. The third kappa shape index (κ3) is 3.48. The van der Waals surface area contributed by atoms with Gasteiger partial charge in [0.15, 0.2) is 0 Å². The molecule has 0 aliphatic heterocycles. The van der Waals surface area contributed by atoms with E-state index in [9.17, 15) is 13.2 Å². The average Bonchev–Trinajstić information content (AvgIpc) is 1.63.